The highest BCUT2D eigenvalue weighted by Gasteiger charge is 2.23. The lowest BCUT2D eigenvalue weighted by Gasteiger charge is -2.21. The third-order valence-corrected chi connectivity index (χ3v) is 4.18. The molecule has 0 fully saturated rings. The molecule has 20 heavy (non-hydrogen) atoms. The Morgan fingerprint density at radius 1 is 1.45 bits per heavy atom. The van der Waals surface area contributed by atoms with Crippen molar-refractivity contribution in [2.45, 2.75) is 19.5 Å². The molecule has 1 aromatic carbocycles. The Balaban J connectivity index is 2.55. The van der Waals surface area contributed by atoms with Gasteiger partial charge in [0.25, 0.3) is 0 Å². The number of aryl methyl sites for hydroxylation is 1. The SMILES string of the molecule is CCn1ncc(Br)c1C(NN)c1ccc(Br)cc1OC. The number of nitrogens with one attached hydrogen (secondary N) is 1. The maximum atomic E-state index is 5.77. The molecular weight excluding hydrogens is 388 g/mol. The van der Waals surface area contributed by atoms with Crippen molar-refractivity contribution < 1.29 is 4.74 Å². The zero-order chi connectivity index (χ0) is 14.7. The lowest BCUT2D eigenvalue weighted by atomic mass is 10.0. The van der Waals surface area contributed by atoms with Crippen LogP contribution in [0.3, 0.4) is 0 Å². The molecule has 3 N–H and O–H groups in total. The summed E-state index contributed by atoms with van der Waals surface area (Å²) in [5, 5.41) is 4.33. The molecule has 108 valence electrons. The summed E-state index contributed by atoms with van der Waals surface area (Å²) in [6, 6.07) is 5.64. The van der Waals surface area contributed by atoms with Crippen LogP contribution in [0, 0.1) is 0 Å². The summed E-state index contributed by atoms with van der Waals surface area (Å²) in [5.74, 6) is 6.53. The highest BCUT2D eigenvalue weighted by Crippen LogP contribution is 2.34. The van der Waals surface area contributed by atoms with Crippen LogP contribution in [0.15, 0.2) is 33.3 Å². The molecule has 1 unspecified atom stereocenters. The maximum absolute atomic E-state index is 5.77. The molecule has 0 saturated carbocycles. The van der Waals surface area contributed by atoms with E-state index in [1.54, 1.807) is 13.3 Å². The molecule has 2 aromatic rings. The highest BCUT2D eigenvalue weighted by molar-refractivity contribution is 9.10. The van der Waals surface area contributed by atoms with Gasteiger partial charge in [-0.3, -0.25) is 10.5 Å². The van der Waals surface area contributed by atoms with Crippen LogP contribution in [-0.2, 0) is 6.54 Å². The standard InChI is InChI=1S/C13H16Br2N4O/c1-3-19-13(10(15)7-17-19)12(18-16)9-5-4-8(14)6-11(9)20-2/h4-7,12,18H,3,16H2,1-2H3. The second-order valence-electron chi connectivity index (χ2n) is 4.18. The van der Waals surface area contributed by atoms with Crippen LogP contribution in [0.4, 0.5) is 0 Å². The Kier molecular flexibility index (Phi) is 5.20. The number of benzene rings is 1. The van der Waals surface area contributed by atoms with Crippen LogP contribution in [0.25, 0.3) is 0 Å². The molecule has 0 bridgehead atoms. The molecule has 0 saturated heterocycles. The van der Waals surface area contributed by atoms with E-state index in [2.05, 4.69) is 42.4 Å². The van der Waals surface area contributed by atoms with Crippen molar-refractivity contribution >= 4 is 31.9 Å². The van der Waals surface area contributed by atoms with Gasteiger partial charge in [0.2, 0.25) is 0 Å². The van der Waals surface area contributed by atoms with Crippen molar-refractivity contribution in [1.29, 1.82) is 0 Å². The van der Waals surface area contributed by atoms with Gasteiger partial charge < -0.3 is 4.74 Å². The third-order valence-electron chi connectivity index (χ3n) is 3.08. The van der Waals surface area contributed by atoms with E-state index in [-0.39, 0.29) is 6.04 Å². The lowest BCUT2D eigenvalue weighted by molar-refractivity contribution is 0.401. The zero-order valence-electron chi connectivity index (χ0n) is 11.2. The minimum Gasteiger partial charge on any atom is -0.496 e. The van der Waals surface area contributed by atoms with Crippen LogP contribution in [0.1, 0.15) is 24.2 Å². The molecule has 5 nitrogen and oxygen atoms in total. The van der Waals surface area contributed by atoms with Gasteiger partial charge in [0, 0.05) is 16.6 Å². The van der Waals surface area contributed by atoms with Gasteiger partial charge in [0.15, 0.2) is 0 Å². The first-order valence-electron chi connectivity index (χ1n) is 6.13. The number of nitrogens with zero attached hydrogens (tertiary/aromatic N) is 2. The van der Waals surface area contributed by atoms with Gasteiger partial charge in [0.05, 0.1) is 29.5 Å². The lowest BCUT2D eigenvalue weighted by Crippen LogP contribution is -2.31. The number of hydrazine groups is 1. The van der Waals surface area contributed by atoms with Crippen molar-refractivity contribution in [3.8, 4) is 5.75 Å². The average molecular weight is 404 g/mol. The number of hydrogen-bond donors (Lipinski definition) is 2. The van der Waals surface area contributed by atoms with Gasteiger partial charge in [-0.2, -0.15) is 5.10 Å². The fourth-order valence-electron chi connectivity index (χ4n) is 2.15. The number of nitrogens with two attached hydrogens (primary N) is 1. The van der Waals surface area contributed by atoms with Crippen LogP contribution in [0.2, 0.25) is 0 Å². The van der Waals surface area contributed by atoms with E-state index in [9.17, 15) is 0 Å². The van der Waals surface area contributed by atoms with Gasteiger partial charge in [-0.15, -0.1) is 0 Å². The number of hydrogen-bond acceptors (Lipinski definition) is 4. The molecule has 1 heterocycles. The second kappa shape index (κ2) is 6.71. The number of aromatic nitrogens is 2. The fourth-order valence-corrected chi connectivity index (χ4v) is 3.02. The van der Waals surface area contributed by atoms with Crippen molar-refractivity contribution in [3.05, 3.63) is 44.6 Å². The smallest absolute Gasteiger partial charge is 0.125 e. The molecule has 0 aliphatic rings. The predicted molar refractivity (Wildman–Crippen MR) is 85.5 cm³/mol. The normalized spacial score (nSPS) is 12.4. The van der Waals surface area contributed by atoms with Gasteiger partial charge >= 0.3 is 0 Å². The van der Waals surface area contributed by atoms with E-state index < -0.39 is 0 Å². The van der Waals surface area contributed by atoms with Gasteiger partial charge in [-0.1, -0.05) is 22.0 Å². The van der Waals surface area contributed by atoms with Crippen LogP contribution in [0.5, 0.6) is 5.75 Å². The largest absolute Gasteiger partial charge is 0.496 e. The van der Waals surface area contributed by atoms with E-state index in [0.717, 1.165) is 32.5 Å². The molecule has 1 atom stereocenters. The van der Waals surface area contributed by atoms with Crippen molar-refractivity contribution in [3.63, 3.8) is 0 Å². The first-order chi connectivity index (χ1) is 9.62. The zero-order valence-corrected chi connectivity index (χ0v) is 14.4. The van der Waals surface area contributed by atoms with Gasteiger partial charge in [-0.05, 0) is 35.0 Å². The Labute approximate surface area is 134 Å². The summed E-state index contributed by atoms with van der Waals surface area (Å²) >= 11 is 6.97. The molecule has 1 aromatic heterocycles. The number of rotatable bonds is 5. The Hall–Kier alpha value is -0.890. The first kappa shape index (κ1) is 15.5. The quantitative estimate of drug-likeness (QED) is 0.594. The Morgan fingerprint density at radius 2 is 2.20 bits per heavy atom. The van der Waals surface area contributed by atoms with Gasteiger partial charge in [0.1, 0.15) is 5.75 Å². The highest BCUT2D eigenvalue weighted by atomic mass is 79.9. The van der Waals surface area contributed by atoms with Crippen molar-refractivity contribution in [2.24, 2.45) is 5.84 Å². The first-order valence-corrected chi connectivity index (χ1v) is 7.71. The third kappa shape index (κ3) is 2.90. The summed E-state index contributed by atoms with van der Waals surface area (Å²) in [6.45, 7) is 2.80. The van der Waals surface area contributed by atoms with Gasteiger partial charge in [-0.25, -0.2) is 5.43 Å². The summed E-state index contributed by atoms with van der Waals surface area (Å²) in [6.07, 6.45) is 1.77. The summed E-state index contributed by atoms with van der Waals surface area (Å²) < 4.78 is 9.21. The topological polar surface area (TPSA) is 65.1 Å². The van der Waals surface area contributed by atoms with E-state index in [1.807, 2.05) is 29.8 Å². The van der Waals surface area contributed by atoms with Crippen LogP contribution >= 0.6 is 31.9 Å². The maximum Gasteiger partial charge on any atom is 0.125 e. The number of ether oxygens (including phenoxy) is 1. The Morgan fingerprint density at radius 3 is 2.80 bits per heavy atom. The minimum atomic E-state index is -0.213. The van der Waals surface area contributed by atoms with Crippen molar-refractivity contribution in [2.75, 3.05) is 7.11 Å². The summed E-state index contributed by atoms with van der Waals surface area (Å²) in [5.41, 5.74) is 4.77. The molecule has 2 rings (SSSR count). The molecule has 0 spiro atoms. The average Bonchev–Trinajstić information content (AvgIpc) is 2.82. The molecule has 7 heteroatoms. The van der Waals surface area contributed by atoms with Crippen LogP contribution < -0.4 is 16.0 Å². The summed E-state index contributed by atoms with van der Waals surface area (Å²) in [7, 11) is 1.64. The fraction of sp³-hybridized carbons (Fsp3) is 0.308. The molecule has 0 radical (unpaired) electrons. The van der Waals surface area contributed by atoms with E-state index in [0.29, 0.717) is 0 Å². The van der Waals surface area contributed by atoms with E-state index in [1.165, 1.54) is 0 Å². The monoisotopic (exact) mass is 402 g/mol. The molecule has 0 aliphatic heterocycles. The molecular formula is C13H16Br2N4O. The number of methoxy groups -OCH3 is 1. The van der Waals surface area contributed by atoms with E-state index >= 15 is 0 Å². The molecule has 0 amide bonds. The van der Waals surface area contributed by atoms with Crippen LogP contribution in [-0.4, -0.2) is 16.9 Å². The predicted octanol–water partition coefficient (Wildman–Crippen LogP) is 2.99. The van der Waals surface area contributed by atoms with Crippen molar-refractivity contribution in [1.82, 2.24) is 15.2 Å². The second-order valence-corrected chi connectivity index (χ2v) is 5.95. The Bertz CT molecular complexity index is 600. The summed E-state index contributed by atoms with van der Waals surface area (Å²) in [4.78, 5) is 0. The number of halogens is 2. The van der Waals surface area contributed by atoms with E-state index in [4.69, 9.17) is 10.6 Å². The minimum absolute atomic E-state index is 0.213. The molecule has 0 aliphatic carbocycles.